The van der Waals surface area contributed by atoms with Crippen LogP contribution in [-0.4, -0.2) is 16.5 Å². The molecular weight excluding hydrogens is 346 g/mol. The third kappa shape index (κ3) is 3.64. The van der Waals surface area contributed by atoms with Crippen molar-refractivity contribution in [1.29, 1.82) is 0 Å². The molecule has 2 aromatic rings. The fourth-order valence-corrected chi connectivity index (χ4v) is 3.75. The first kappa shape index (κ1) is 16.4. The molecule has 0 radical (unpaired) electrons. The number of anilines is 1. The molecule has 0 aromatic carbocycles. The SMILES string of the molecule is CCCNc1nc(-c2cscc2C)nc(C(C)(C)C)c1Br. The van der Waals surface area contributed by atoms with E-state index in [0.717, 1.165) is 40.3 Å². The number of nitrogens with zero attached hydrogens (tertiary/aromatic N) is 2. The van der Waals surface area contributed by atoms with Gasteiger partial charge in [-0.3, -0.25) is 0 Å². The molecule has 2 aromatic heterocycles. The molecule has 2 rings (SSSR count). The first-order chi connectivity index (χ1) is 9.84. The Morgan fingerprint density at radius 1 is 1.24 bits per heavy atom. The standard InChI is InChI=1S/C16H22BrN3S/c1-6-7-18-15-12(17)13(16(3,4)5)19-14(20-15)11-9-21-8-10(11)2/h8-9H,6-7H2,1-5H3,(H,18,19,20). The van der Waals surface area contributed by atoms with E-state index in [0.29, 0.717) is 0 Å². The lowest BCUT2D eigenvalue weighted by molar-refractivity contribution is 0.564. The van der Waals surface area contributed by atoms with Crippen LogP contribution < -0.4 is 5.32 Å². The van der Waals surface area contributed by atoms with Gasteiger partial charge in [-0.1, -0.05) is 27.7 Å². The van der Waals surface area contributed by atoms with Crippen LogP contribution in [0.2, 0.25) is 0 Å². The Hall–Kier alpha value is -0.940. The first-order valence-corrected chi connectivity index (χ1v) is 8.93. The minimum atomic E-state index is -0.0386. The largest absolute Gasteiger partial charge is 0.369 e. The van der Waals surface area contributed by atoms with Gasteiger partial charge < -0.3 is 5.32 Å². The van der Waals surface area contributed by atoms with Crippen molar-refractivity contribution in [2.45, 2.75) is 46.5 Å². The summed E-state index contributed by atoms with van der Waals surface area (Å²) < 4.78 is 0.972. The smallest absolute Gasteiger partial charge is 0.162 e. The monoisotopic (exact) mass is 367 g/mol. The van der Waals surface area contributed by atoms with E-state index in [1.807, 2.05) is 0 Å². The van der Waals surface area contributed by atoms with E-state index in [-0.39, 0.29) is 5.41 Å². The van der Waals surface area contributed by atoms with Crippen LogP contribution in [0.3, 0.4) is 0 Å². The Morgan fingerprint density at radius 3 is 2.48 bits per heavy atom. The zero-order valence-electron chi connectivity index (χ0n) is 13.2. The highest BCUT2D eigenvalue weighted by molar-refractivity contribution is 9.10. The van der Waals surface area contributed by atoms with E-state index >= 15 is 0 Å². The van der Waals surface area contributed by atoms with Gasteiger partial charge in [-0.2, -0.15) is 11.3 Å². The fourth-order valence-electron chi connectivity index (χ4n) is 2.01. The van der Waals surface area contributed by atoms with E-state index < -0.39 is 0 Å². The molecule has 0 spiro atoms. The maximum atomic E-state index is 4.82. The molecule has 0 aliphatic heterocycles. The predicted octanol–water partition coefficient (Wildman–Crippen LogP) is 5.40. The van der Waals surface area contributed by atoms with Crippen LogP contribution in [-0.2, 0) is 5.41 Å². The van der Waals surface area contributed by atoms with Crippen LogP contribution in [0.5, 0.6) is 0 Å². The molecule has 1 N–H and O–H groups in total. The molecular formula is C16H22BrN3S. The van der Waals surface area contributed by atoms with Crippen LogP contribution in [0.4, 0.5) is 5.82 Å². The van der Waals surface area contributed by atoms with Gasteiger partial charge in [-0.05, 0) is 40.2 Å². The molecule has 114 valence electrons. The molecule has 0 bridgehead atoms. The molecule has 0 unspecified atom stereocenters. The summed E-state index contributed by atoms with van der Waals surface area (Å²) in [4.78, 5) is 9.55. The zero-order valence-corrected chi connectivity index (χ0v) is 15.7. The molecule has 3 nitrogen and oxygen atoms in total. The van der Waals surface area contributed by atoms with Crippen molar-refractivity contribution in [2.75, 3.05) is 11.9 Å². The van der Waals surface area contributed by atoms with Gasteiger partial charge in [0, 0.05) is 22.9 Å². The Kier molecular flexibility index (Phi) is 5.04. The van der Waals surface area contributed by atoms with Crippen LogP contribution in [0.15, 0.2) is 15.2 Å². The van der Waals surface area contributed by atoms with Crippen molar-refractivity contribution in [1.82, 2.24) is 9.97 Å². The third-order valence-corrected chi connectivity index (χ3v) is 4.81. The van der Waals surface area contributed by atoms with Crippen molar-refractivity contribution in [3.05, 3.63) is 26.5 Å². The predicted molar refractivity (Wildman–Crippen MR) is 95.3 cm³/mol. The molecule has 5 heteroatoms. The molecule has 0 aliphatic rings. The van der Waals surface area contributed by atoms with Crippen LogP contribution in [0.1, 0.15) is 45.4 Å². The molecule has 0 fully saturated rings. The maximum Gasteiger partial charge on any atom is 0.162 e. The Morgan fingerprint density at radius 2 is 1.95 bits per heavy atom. The summed E-state index contributed by atoms with van der Waals surface area (Å²) in [5.74, 6) is 1.69. The van der Waals surface area contributed by atoms with E-state index in [9.17, 15) is 0 Å². The number of nitrogens with one attached hydrogen (secondary N) is 1. The van der Waals surface area contributed by atoms with E-state index in [1.54, 1.807) is 11.3 Å². The van der Waals surface area contributed by atoms with Crippen molar-refractivity contribution < 1.29 is 0 Å². The average Bonchev–Trinajstić information content (AvgIpc) is 2.82. The maximum absolute atomic E-state index is 4.82. The van der Waals surface area contributed by atoms with Gasteiger partial charge in [0.05, 0.1) is 10.2 Å². The van der Waals surface area contributed by atoms with Crippen molar-refractivity contribution >= 4 is 33.1 Å². The number of aromatic nitrogens is 2. The number of thiophene rings is 1. The highest BCUT2D eigenvalue weighted by Gasteiger charge is 2.24. The summed E-state index contributed by atoms with van der Waals surface area (Å²) in [5, 5.41) is 7.66. The Bertz CT molecular complexity index is 629. The molecule has 2 heterocycles. The highest BCUT2D eigenvalue weighted by Crippen LogP contribution is 2.35. The zero-order chi connectivity index (χ0) is 15.6. The Labute approximate surface area is 139 Å². The van der Waals surface area contributed by atoms with Gasteiger partial charge in [0.1, 0.15) is 5.82 Å². The van der Waals surface area contributed by atoms with Crippen molar-refractivity contribution in [2.24, 2.45) is 0 Å². The van der Waals surface area contributed by atoms with Gasteiger partial charge in [0.25, 0.3) is 0 Å². The second-order valence-electron chi connectivity index (χ2n) is 6.20. The van der Waals surface area contributed by atoms with Gasteiger partial charge in [-0.15, -0.1) is 0 Å². The normalized spacial score (nSPS) is 11.7. The molecule has 0 saturated heterocycles. The van der Waals surface area contributed by atoms with E-state index in [2.05, 4.69) is 66.6 Å². The first-order valence-electron chi connectivity index (χ1n) is 7.19. The van der Waals surface area contributed by atoms with Crippen LogP contribution in [0, 0.1) is 6.92 Å². The van der Waals surface area contributed by atoms with Gasteiger partial charge in [0.15, 0.2) is 5.82 Å². The second kappa shape index (κ2) is 6.44. The van der Waals surface area contributed by atoms with Crippen molar-refractivity contribution in [3.63, 3.8) is 0 Å². The number of aryl methyl sites for hydroxylation is 1. The number of rotatable bonds is 4. The molecule has 0 amide bonds. The molecule has 21 heavy (non-hydrogen) atoms. The second-order valence-corrected chi connectivity index (χ2v) is 7.74. The highest BCUT2D eigenvalue weighted by atomic mass is 79.9. The minimum Gasteiger partial charge on any atom is -0.369 e. The number of hydrogen-bond acceptors (Lipinski definition) is 4. The van der Waals surface area contributed by atoms with Crippen molar-refractivity contribution in [3.8, 4) is 11.4 Å². The topological polar surface area (TPSA) is 37.8 Å². The fraction of sp³-hybridized carbons (Fsp3) is 0.500. The summed E-state index contributed by atoms with van der Waals surface area (Å²) in [7, 11) is 0. The van der Waals surface area contributed by atoms with Gasteiger partial charge in [0.2, 0.25) is 0 Å². The van der Waals surface area contributed by atoms with Gasteiger partial charge >= 0.3 is 0 Å². The lowest BCUT2D eigenvalue weighted by Crippen LogP contribution is -2.17. The average molecular weight is 368 g/mol. The third-order valence-electron chi connectivity index (χ3n) is 3.20. The summed E-state index contributed by atoms with van der Waals surface area (Å²) in [6.07, 6.45) is 1.06. The summed E-state index contributed by atoms with van der Waals surface area (Å²) in [6.45, 7) is 11.7. The molecule has 0 aliphatic carbocycles. The molecule has 0 atom stereocenters. The van der Waals surface area contributed by atoms with Gasteiger partial charge in [-0.25, -0.2) is 9.97 Å². The lowest BCUT2D eigenvalue weighted by Gasteiger charge is -2.22. The van der Waals surface area contributed by atoms with Crippen LogP contribution >= 0.6 is 27.3 Å². The lowest BCUT2D eigenvalue weighted by atomic mass is 9.91. The summed E-state index contributed by atoms with van der Waals surface area (Å²) >= 11 is 5.37. The van der Waals surface area contributed by atoms with E-state index in [1.165, 1.54) is 5.56 Å². The quantitative estimate of drug-likeness (QED) is 0.786. The number of halogens is 1. The van der Waals surface area contributed by atoms with Crippen LogP contribution in [0.25, 0.3) is 11.4 Å². The summed E-state index contributed by atoms with van der Waals surface area (Å²) in [5.41, 5.74) is 3.35. The molecule has 0 saturated carbocycles. The minimum absolute atomic E-state index is 0.0386. The number of hydrogen-bond donors (Lipinski definition) is 1. The van der Waals surface area contributed by atoms with E-state index in [4.69, 9.17) is 9.97 Å². The summed E-state index contributed by atoms with van der Waals surface area (Å²) in [6, 6.07) is 0. The Balaban J connectivity index is 2.59.